The van der Waals surface area contributed by atoms with Gasteiger partial charge < -0.3 is 15.8 Å². The molecule has 3 N–H and O–H groups in total. The number of benzene rings is 1. The molecule has 1 aliphatic rings. The van der Waals surface area contributed by atoms with Crippen molar-refractivity contribution in [1.82, 2.24) is 5.32 Å². The highest BCUT2D eigenvalue weighted by atomic mass is 16.5. The Balaban J connectivity index is 2.16. The van der Waals surface area contributed by atoms with Crippen LogP contribution in [0.5, 0.6) is 0 Å². The average molecular weight is 262 g/mol. The molecule has 0 atom stereocenters. The lowest BCUT2D eigenvalue weighted by molar-refractivity contribution is 0.0601. The Bertz CT molecular complexity index is 493. The minimum atomic E-state index is -0.498. The fourth-order valence-electron chi connectivity index (χ4n) is 2.36. The normalized spacial score (nSPS) is 15.2. The number of methoxy groups -OCH3 is 1. The Morgan fingerprint density at radius 3 is 2.47 bits per heavy atom. The number of rotatable bonds is 3. The van der Waals surface area contributed by atoms with Crippen LogP contribution in [0, 0.1) is 0 Å². The molecular weight excluding hydrogens is 244 g/mol. The summed E-state index contributed by atoms with van der Waals surface area (Å²) in [6, 6.07) is 4.80. The van der Waals surface area contributed by atoms with Gasteiger partial charge in [0.25, 0.3) is 5.91 Å². The first kappa shape index (κ1) is 13.4. The molecule has 1 aromatic rings. The summed E-state index contributed by atoms with van der Waals surface area (Å²) >= 11 is 0. The smallest absolute Gasteiger partial charge is 0.337 e. The van der Waals surface area contributed by atoms with Gasteiger partial charge in [0.2, 0.25) is 0 Å². The Kier molecular flexibility index (Phi) is 4.04. The number of hydrogen-bond donors (Lipinski definition) is 2. The van der Waals surface area contributed by atoms with E-state index in [0.29, 0.717) is 16.8 Å². The number of amides is 1. The van der Waals surface area contributed by atoms with Gasteiger partial charge in [0.15, 0.2) is 0 Å². The minimum absolute atomic E-state index is 0.190. The summed E-state index contributed by atoms with van der Waals surface area (Å²) < 4.78 is 4.63. The van der Waals surface area contributed by atoms with Crippen LogP contribution in [0.15, 0.2) is 18.2 Å². The molecule has 2 rings (SSSR count). The molecule has 102 valence electrons. The molecule has 1 fully saturated rings. The van der Waals surface area contributed by atoms with Crippen molar-refractivity contribution in [2.24, 2.45) is 0 Å². The van der Waals surface area contributed by atoms with E-state index in [-0.39, 0.29) is 11.9 Å². The second kappa shape index (κ2) is 5.73. The van der Waals surface area contributed by atoms with Crippen molar-refractivity contribution in [3.63, 3.8) is 0 Å². The largest absolute Gasteiger partial charge is 0.465 e. The number of nitrogens with two attached hydrogens (primary N) is 1. The van der Waals surface area contributed by atoms with Crippen LogP contribution in [0.3, 0.4) is 0 Å². The maximum Gasteiger partial charge on any atom is 0.337 e. The number of nitrogens with one attached hydrogen (secondary N) is 1. The van der Waals surface area contributed by atoms with Gasteiger partial charge >= 0.3 is 5.97 Å². The van der Waals surface area contributed by atoms with Crippen LogP contribution >= 0.6 is 0 Å². The van der Waals surface area contributed by atoms with E-state index in [9.17, 15) is 9.59 Å². The van der Waals surface area contributed by atoms with Gasteiger partial charge in [-0.1, -0.05) is 12.8 Å². The lowest BCUT2D eigenvalue weighted by Crippen LogP contribution is -2.32. The molecular formula is C14H18N2O3. The molecule has 1 saturated carbocycles. The van der Waals surface area contributed by atoms with E-state index in [2.05, 4.69) is 10.1 Å². The summed E-state index contributed by atoms with van der Waals surface area (Å²) in [4.78, 5) is 23.6. The lowest BCUT2D eigenvalue weighted by atomic mass is 10.1. The van der Waals surface area contributed by atoms with Gasteiger partial charge in [-0.05, 0) is 31.0 Å². The zero-order valence-corrected chi connectivity index (χ0v) is 10.9. The van der Waals surface area contributed by atoms with Gasteiger partial charge in [-0.15, -0.1) is 0 Å². The quantitative estimate of drug-likeness (QED) is 0.642. The van der Waals surface area contributed by atoms with E-state index < -0.39 is 5.97 Å². The van der Waals surface area contributed by atoms with E-state index in [1.54, 1.807) is 6.07 Å². The zero-order valence-electron chi connectivity index (χ0n) is 10.9. The van der Waals surface area contributed by atoms with E-state index >= 15 is 0 Å². The molecule has 0 spiro atoms. The lowest BCUT2D eigenvalue weighted by Gasteiger charge is -2.12. The third kappa shape index (κ3) is 3.24. The van der Waals surface area contributed by atoms with Crippen molar-refractivity contribution in [3.05, 3.63) is 29.3 Å². The van der Waals surface area contributed by atoms with E-state index in [0.717, 1.165) is 25.7 Å². The Labute approximate surface area is 112 Å². The van der Waals surface area contributed by atoms with Gasteiger partial charge in [0.05, 0.1) is 12.7 Å². The molecule has 19 heavy (non-hydrogen) atoms. The monoisotopic (exact) mass is 262 g/mol. The summed E-state index contributed by atoms with van der Waals surface area (Å²) in [7, 11) is 1.30. The molecule has 1 amide bonds. The van der Waals surface area contributed by atoms with Crippen molar-refractivity contribution in [3.8, 4) is 0 Å². The van der Waals surface area contributed by atoms with Crippen LogP contribution in [0.4, 0.5) is 5.69 Å². The number of ether oxygens (including phenoxy) is 1. The average Bonchev–Trinajstić information content (AvgIpc) is 2.89. The first-order valence-electron chi connectivity index (χ1n) is 6.40. The molecule has 0 bridgehead atoms. The third-order valence-corrected chi connectivity index (χ3v) is 3.33. The highest BCUT2D eigenvalue weighted by molar-refractivity contribution is 5.99. The van der Waals surface area contributed by atoms with Crippen LogP contribution in [0.1, 0.15) is 46.4 Å². The standard InChI is InChI=1S/C14H18N2O3/c1-19-14(18)10-6-9(7-11(15)8-10)13(17)16-12-4-2-3-5-12/h6-8,12H,2-5,15H2,1H3,(H,16,17). The number of carbonyl (C=O) groups excluding carboxylic acids is 2. The topological polar surface area (TPSA) is 81.4 Å². The molecule has 0 radical (unpaired) electrons. The number of nitrogen functional groups attached to an aromatic ring is 1. The number of esters is 1. The Morgan fingerprint density at radius 1 is 1.21 bits per heavy atom. The van der Waals surface area contributed by atoms with Gasteiger partial charge in [0.1, 0.15) is 0 Å². The molecule has 5 nitrogen and oxygen atoms in total. The molecule has 0 unspecified atom stereocenters. The van der Waals surface area contributed by atoms with Crippen LogP contribution in [0.25, 0.3) is 0 Å². The van der Waals surface area contributed by atoms with Crippen molar-refractivity contribution in [1.29, 1.82) is 0 Å². The van der Waals surface area contributed by atoms with Crippen molar-refractivity contribution in [2.45, 2.75) is 31.7 Å². The van der Waals surface area contributed by atoms with Gasteiger partial charge in [0, 0.05) is 17.3 Å². The molecule has 1 aromatic carbocycles. The highest BCUT2D eigenvalue weighted by Gasteiger charge is 2.19. The summed E-state index contributed by atoms with van der Waals surface area (Å²) in [6.07, 6.45) is 4.32. The third-order valence-electron chi connectivity index (χ3n) is 3.33. The second-order valence-electron chi connectivity index (χ2n) is 4.79. The molecule has 0 heterocycles. The Hall–Kier alpha value is -2.04. The molecule has 0 aliphatic heterocycles. The summed E-state index contributed by atoms with van der Waals surface area (Å²) in [5.74, 6) is -0.688. The van der Waals surface area contributed by atoms with Crippen molar-refractivity contribution < 1.29 is 14.3 Å². The predicted octanol–water partition coefficient (Wildman–Crippen LogP) is 1.73. The fourth-order valence-corrected chi connectivity index (χ4v) is 2.36. The summed E-state index contributed by atoms with van der Waals surface area (Å²) in [5.41, 5.74) is 6.77. The van der Waals surface area contributed by atoms with Crippen molar-refractivity contribution >= 4 is 17.6 Å². The van der Waals surface area contributed by atoms with Crippen molar-refractivity contribution in [2.75, 3.05) is 12.8 Å². The van der Waals surface area contributed by atoms with Gasteiger partial charge in [-0.25, -0.2) is 4.79 Å². The molecule has 1 aliphatic carbocycles. The maximum absolute atomic E-state index is 12.1. The first-order chi connectivity index (χ1) is 9.10. The van der Waals surface area contributed by atoms with Crippen LogP contribution in [-0.4, -0.2) is 25.0 Å². The van der Waals surface area contributed by atoms with E-state index in [4.69, 9.17) is 5.73 Å². The van der Waals surface area contributed by atoms with Crippen LogP contribution < -0.4 is 11.1 Å². The zero-order chi connectivity index (χ0) is 13.8. The van der Waals surface area contributed by atoms with Crippen LogP contribution in [-0.2, 0) is 4.74 Å². The summed E-state index contributed by atoms with van der Waals surface area (Å²) in [5, 5.41) is 2.96. The van der Waals surface area contributed by atoms with Crippen LogP contribution in [0.2, 0.25) is 0 Å². The number of carbonyl (C=O) groups is 2. The number of hydrogen-bond acceptors (Lipinski definition) is 4. The van der Waals surface area contributed by atoms with E-state index in [1.165, 1.54) is 19.2 Å². The van der Waals surface area contributed by atoms with E-state index in [1.807, 2.05) is 0 Å². The maximum atomic E-state index is 12.1. The highest BCUT2D eigenvalue weighted by Crippen LogP contribution is 2.19. The minimum Gasteiger partial charge on any atom is -0.465 e. The second-order valence-corrected chi connectivity index (χ2v) is 4.79. The molecule has 0 saturated heterocycles. The fraction of sp³-hybridized carbons (Fsp3) is 0.429. The summed E-state index contributed by atoms with van der Waals surface area (Å²) in [6.45, 7) is 0. The number of anilines is 1. The Morgan fingerprint density at radius 2 is 1.84 bits per heavy atom. The van der Waals surface area contributed by atoms with Gasteiger partial charge in [-0.3, -0.25) is 4.79 Å². The van der Waals surface area contributed by atoms with Gasteiger partial charge in [-0.2, -0.15) is 0 Å². The predicted molar refractivity (Wildman–Crippen MR) is 71.9 cm³/mol. The SMILES string of the molecule is COC(=O)c1cc(N)cc(C(=O)NC2CCCC2)c1. The molecule has 5 heteroatoms. The molecule has 0 aromatic heterocycles. The first-order valence-corrected chi connectivity index (χ1v) is 6.40.